The molecule has 1 heterocycles. The lowest BCUT2D eigenvalue weighted by molar-refractivity contribution is -0.123. The molecule has 0 spiro atoms. The van der Waals surface area contributed by atoms with Gasteiger partial charge in [-0.05, 0) is 49.4 Å². The van der Waals surface area contributed by atoms with Gasteiger partial charge < -0.3 is 15.6 Å². The maximum Gasteiger partial charge on any atom is 0.405 e. The van der Waals surface area contributed by atoms with Crippen molar-refractivity contribution < 1.29 is 22.8 Å². The highest BCUT2D eigenvalue weighted by molar-refractivity contribution is 6.06. The fourth-order valence-electron chi connectivity index (χ4n) is 2.66. The highest BCUT2D eigenvalue weighted by Crippen LogP contribution is 2.40. The number of H-pyrrole nitrogens is 1. The van der Waals surface area contributed by atoms with Gasteiger partial charge in [-0.25, -0.2) is 0 Å². The van der Waals surface area contributed by atoms with Crippen LogP contribution in [0, 0.1) is 6.92 Å². The molecule has 1 aromatic heterocycles. The van der Waals surface area contributed by atoms with Crippen LogP contribution in [-0.2, 0) is 0 Å². The number of carbonyl (C=O) groups excluding carboxylic acids is 2. The molecule has 138 valence electrons. The minimum atomic E-state index is -4.48. The van der Waals surface area contributed by atoms with E-state index in [0.29, 0.717) is 22.7 Å². The van der Waals surface area contributed by atoms with Gasteiger partial charge in [0.2, 0.25) is 0 Å². The molecule has 2 aromatic rings. The summed E-state index contributed by atoms with van der Waals surface area (Å²) in [6.07, 6.45) is -0.704. The second-order valence-electron chi connectivity index (χ2n) is 6.36. The SMILES string of the molecule is Cc1ccc(C(=O)NCC(F)(F)F)cc1NC(=O)c1cc[nH]c1C1CC1. The number of hydrogen-bond acceptors (Lipinski definition) is 2. The summed E-state index contributed by atoms with van der Waals surface area (Å²) >= 11 is 0. The topological polar surface area (TPSA) is 74.0 Å². The first-order valence-electron chi connectivity index (χ1n) is 8.19. The monoisotopic (exact) mass is 365 g/mol. The van der Waals surface area contributed by atoms with Gasteiger partial charge in [-0.1, -0.05) is 6.07 Å². The molecule has 0 atom stereocenters. The van der Waals surface area contributed by atoms with Gasteiger partial charge in [0.05, 0.1) is 5.56 Å². The summed E-state index contributed by atoms with van der Waals surface area (Å²) in [6, 6.07) is 6.07. The van der Waals surface area contributed by atoms with E-state index >= 15 is 0 Å². The summed E-state index contributed by atoms with van der Waals surface area (Å²) in [5.74, 6) is -0.798. The number of aromatic nitrogens is 1. The second-order valence-corrected chi connectivity index (χ2v) is 6.36. The lowest BCUT2D eigenvalue weighted by Crippen LogP contribution is -2.33. The molecule has 0 saturated heterocycles. The number of anilines is 1. The molecule has 8 heteroatoms. The summed E-state index contributed by atoms with van der Waals surface area (Å²) in [6.45, 7) is 0.335. The van der Waals surface area contributed by atoms with Crippen LogP contribution in [0.5, 0.6) is 0 Å². The van der Waals surface area contributed by atoms with Gasteiger partial charge in [-0.15, -0.1) is 0 Å². The van der Waals surface area contributed by atoms with Crippen molar-refractivity contribution in [3.63, 3.8) is 0 Å². The Morgan fingerprint density at radius 1 is 1.19 bits per heavy atom. The molecule has 0 radical (unpaired) electrons. The van der Waals surface area contributed by atoms with Crippen molar-refractivity contribution in [2.45, 2.75) is 31.9 Å². The Labute approximate surface area is 148 Å². The first kappa shape index (κ1) is 18.0. The fourth-order valence-corrected chi connectivity index (χ4v) is 2.66. The number of aryl methyl sites for hydroxylation is 1. The summed E-state index contributed by atoms with van der Waals surface area (Å²) in [4.78, 5) is 27.5. The Morgan fingerprint density at radius 3 is 2.58 bits per heavy atom. The largest absolute Gasteiger partial charge is 0.405 e. The Kier molecular flexibility index (Phi) is 4.76. The van der Waals surface area contributed by atoms with Crippen molar-refractivity contribution in [3.05, 3.63) is 52.8 Å². The number of halogens is 3. The number of benzene rings is 1. The van der Waals surface area contributed by atoms with Crippen LogP contribution in [0.15, 0.2) is 30.5 Å². The molecule has 1 aliphatic rings. The van der Waals surface area contributed by atoms with Crippen LogP contribution in [0.3, 0.4) is 0 Å². The van der Waals surface area contributed by atoms with Crippen molar-refractivity contribution in [2.75, 3.05) is 11.9 Å². The number of amides is 2. The van der Waals surface area contributed by atoms with Crippen molar-refractivity contribution in [3.8, 4) is 0 Å². The number of alkyl halides is 3. The lowest BCUT2D eigenvalue weighted by atomic mass is 10.1. The number of carbonyl (C=O) groups is 2. The summed E-state index contributed by atoms with van der Waals surface area (Å²) in [7, 11) is 0. The van der Waals surface area contributed by atoms with Crippen LogP contribution in [0.4, 0.5) is 18.9 Å². The van der Waals surface area contributed by atoms with E-state index < -0.39 is 18.6 Å². The van der Waals surface area contributed by atoms with Crippen molar-refractivity contribution >= 4 is 17.5 Å². The van der Waals surface area contributed by atoms with Crippen LogP contribution in [0.1, 0.15) is 50.7 Å². The van der Waals surface area contributed by atoms with Crippen molar-refractivity contribution in [2.24, 2.45) is 0 Å². The lowest BCUT2D eigenvalue weighted by Gasteiger charge is -2.12. The highest BCUT2D eigenvalue weighted by Gasteiger charge is 2.30. The number of nitrogens with one attached hydrogen (secondary N) is 3. The molecule has 0 aliphatic heterocycles. The van der Waals surface area contributed by atoms with E-state index in [2.05, 4.69) is 10.3 Å². The molecule has 26 heavy (non-hydrogen) atoms. The molecular formula is C18H18F3N3O2. The Morgan fingerprint density at radius 2 is 1.92 bits per heavy atom. The van der Waals surface area contributed by atoms with Crippen LogP contribution < -0.4 is 10.6 Å². The van der Waals surface area contributed by atoms with Gasteiger partial charge in [0.15, 0.2) is 0 Å². The number of rotatable bonds is 5. The molecule has 5 nitrogen and oxygen atoms in total. The quantitative estimate of drug-likeness (QED) is 0.755. The van der Waals surface area contributed by atoms with E-state index in [-0.39, 0.29) is 11.5 Å². The van der Waals surface area contributed by atoms with Crippen LogP contribution in [-0.4, -0.2) is 29.5 Å². The Balaban J connectivity index is 1.74. The maximum atomic E-state index is 12.5. The maximum absolute atomic E-state index is 12.5. The van der Waals surface area contributed by atoms with E-state index in [1.165, 1.54) is 12.1 Å². The molecule has 1 aliphatic carbocycles. The predicted molar refractivity (Wildman–Crippen MR) is 90.3 cm³/mol. The van der Waals surface area contributed by atoms with Crippen LogP contribution in [0.25, 0.3) is 0 Å². The summed E-state index contributed by atoms with van der Waals surface area (Å²) in [5.41, 5.74) is 2.57. The fraction of sp³-hybridized carbons (Fsp3) is 0.333. The van der Waals surface area contributed by atoms with Crippen LogP contribution in [0.2, 0.25) is 0 Å². The van der Waals surface area contributed by atoms with Gasteiger partial charge >= 0.3 is 6.18 Å². The highest BCUT2D eigenvalue weighted by atomic mass is 19.4. The van der Waals surface area contributed by atoms with Gasteiger partial charge in [0.1, 0.15) is 6.54 Å². The molecule has 3 N–H and O–H groups in total. The zero-order valence-corrected chi connectivity index (χ0v) is 14.0. The van der Waals surface area contributed by atoms with Gasteiger partial charge in [-0.3, -0.25) is 9.59 Å². The first-order chi connectivity index (χ1) is 12.2. The second kappa shape index (κ2) is 6.86. The predicted octanol–water partition coefficient (Wildman–Crippen LogP) is 3.74. The Bertz CT molecular complexity index is 838. The summed E-state index contributed by atoms with van der Waals surface area (Å²) in [5, 5.41) is 4.56. The van der Waals surface area contributed by atoms with Crippen LogP contribution >= 0.6 is 0 Å². The number of hydrogen-bond donors (Lipinski definition) is 3. The standard InChI is InChI=1S/C18H18F3N3O2/c1-10-2-3-12(16(25)23-9-18(19,20)21)8-14(10)24-17(26)13-6-7-22-15(13)11-4-5-11/h2-3,6-8,11,22H,4-5,9H2,1H3,(H,23,25)(H,24,26). The van der Waals surface area contributed by atoms with Gasteiger partial charge in [0, 0.05) is 23.1 Å². The smallest absolute Gasteiger partial charge is 0.364 e. The first-order valence-corrected chi connectivity index (χ1v) is 8.19. The molecule has 1 fully saturated rings. The Hall–Kier alpha value is -2.77. The minimum absolute atomic E-state index is 0.0478. The minimum Gasteiger partial charge on any atom is -0.364 e. The third kappa shape index (κ3) is 4.25. The third-order valence-electron chi connectivity index (χ3n) is 4.21. The molecule has 1 saturated carbocycles. The van der Waals surface area contributed by atoms with E-state index in [1.807, 2.05) is 5.32 Å². The van der Waals surface area contributed by atoms with E-state index in [0.717, 1.165) is 18.5 Å². The molecule has 0 bridgehead atoms. The van der Waals surface area contributed by atoms with Gasteiger partial charge in [0.25, 0.3) is 11.8 Å². The van der Waals surface area contributed by atoms with E-state index in [9.17, 15) is 22.8 Å². The average molecular weight is 365 g/mol. The average Bonchev–Trinajstić information content (AvgIpc) is 3.30. The normalized spacial score (nSPS) is 14.2. The molecular weight excluding hydrogens is 347 g/mol. The molecule has 1 aromatic carbocycles. The summed E-state index contributed by atoms with van der Waals surface area (Å²) < 4.78 is 36.7. The molecule has 2 amide bonds. The van der Waals surface area contributed by atoms with E-state index in [4.69, 9.17) is 0 Å². The van der Waals surface area contributed by atoms with Crippen molar-refractivity contribution in [1.82, 2.24) is 10.3 Å². The zero-order chi connectivity index (χ0) is 18.9. The molecule has 3 rings (SSSR count). The molecule has 0 unspecified atom stereocenters. The third-order valence-corrected chi connectivity index (χ3v) is 4.21. The number of aromatic amines is 1. The van der Waals surface area contributed by atoms with Crippen molar-refractivity contribution in [1.29, 1.82) is 0 Å². The van der Waals surface area contributed by atoms with E-state index in [1.54, 1.807) is 25.3 Å². The van der Waals surface area contributed by atoms with Gasteiger partial charge in [-0.2, -0.15) is 13.2 Å². The zero-order valence-electron chi connectivity index (χ0n) is 14.0.